The van der Waals surface area contributed by atoms with Crippen LogP contribution in [0.3, 0.4) is 0 Å². The number of hydrogen-bond donors (Lipinski definition) is 1. The molecule has 0 spiro atoms. The van der Waals surface area contributed by atoms with Gasteiger partial charge in [0.15, 0.2) is 0 Å². The van der Waals surface area contributed by atoms with Crippen molar-refractivity contribution in [2.75, 3.05) is 24.6 Å². The smallest absolute Gasteiger partial charge is 0.417 e. The maximum absolute atomic E-state index is 12.6. The van der Waals surface area contributed by atoms with Crippen molar-refractivity contribution in [1.82, 2.24) is 10.3 Å². The Hall–Kier alpha value is -2.77. The average molecular weight is 393 g/mol. The lowest BCUT2D eigenvalue weighted by molar-refractivity contribution is -0.137. The number of aromatic nitrogens is 1. The molecule has 5 nitrogen and oxygen atoms in total. The summed E-state index contributed by atoms with van der Waals surface area (Å²) in [6.45, 7) is 3.65. The second kappa shape index (κ2) is 8.50. The van der Waals surface area contributed by atoms with Crippen LogP contribution in [0.4, 0.5) is 19.0 Å². The molecule has 2 aromatic rings. The van der Waals surface area contributed by atoms with Crippen LogP contribution in [0.25, 0.3) is 0 Å². The first-order chi connectivity index (χ1) is 13.3. The number of rotatable bonds is 6. The molecule has 0 radical (unpaired) electrons. The predicted octanol–water partition coefficient (Wildman–Crippen LogP) is 3.44. The molecule has 3 rings (SSSR count). The van der Waals surface area contributed by atoms with E-state index < -0.39 is 11.7 Å². The molecule has 1 aliphatic heterocycles. The van der Waals surface area contributed by atoms with Crippen molar-refractivity contribution in [3.63, 3.8) is 0 Å². The van der Waals surface area contributed by atoms with E-state index in [0.29, 0.717) is 25.5 Å². The highest BCUT2D eigenvalue weighted by molar-refractivity contribution is 5.79. The quantitative estimate of drug-likeness (QED) is 0.817. The second-order valence-electron chi connectivity index (χ2n) is 6.66. The Balaban J connectivity index is 1.50. The third kappa shape index (κ3) is 5.15. The Bertz CT molecular complexity index is 792. The SMILES string of the molecule is CCOc1ccc(CC(=O)NC2CCN(c3ccc(C(F)(F)F)cn3)C2)cc1. The van der Waals surface area contributed by atoms with Gasteiger partial charge in [-0.3, -0.25) is 4.79 Å². The Kier molecular flexibility index (Phi) is 6.06. The number of halogens is 3. The summed E-state index contributed by atoms with van der Waals surface area (Å²) in [7, 11) is 0. The van der Waals surface area contributed by atoms with Crippen LogP contribution in [-0.4, -0.2) is 36.6 Å². The van der Waals surface area contributed by atoms with E-state index in [9.17, 15) is 18.0 Å². The van der Waals surface area contributed by atoms with Crippen LogP contribution in [0, 0.1) is 0 Å². The molecule has 0 aliphatic carbocycles. The summed E-state index contributed by atoms with van der Waals surface area (Å²) >= 11 is 0. The van der Waals surface area contributed by atoms with Gasteiger partial charge in [0.05, 0.1) is 18.6 Å². The molecule has 1 amide bonds. The number of benzene rings is 1. The molecular formula is C20H22F3N3O2. The number of ether oxygens (including phenoxy) is 1. The van der Waals surface area contributed by atoms with Crippen LogP contribution >= 0.6 is 0 Å². The Morgan fingerprint density at radius 2 is 2.00 bits per heavy atom. The molecule has 0 bridgehead atoms. The van der Waals surface area contributed by atoms with E-state index in [1.54, 1.807) is 0 Å². The molecule has 1 aliphatic rings. The van der Waals surface area contributed by atoms with Gasteiger partial charge in [-0.15, -0.1) is 0 Å². The van der Waals surface area contributed by atoms with Gasteiger partial charge in [-0.2, -0.15) is 13.2 Å². The highest BCUT2D eigenvalue weighted by Crippen LogP contribution is 2.29. The molecule has 8 heteroatoms. The van der Waals surface area contributed by atoms with Gasteiger partial charge < -0.3 is 15.0 Å². The first kappa shape index (κ1) is 20.0. The first-order valence-corrected chi connectivity index (χ1v) is 9.14. The van der Waals surface area contributed by atoms with Gasteiger partial charge in [-0.05, 0) is 43.2 Å². The Labute approximate surface area is 161 Å². The number of amides is 1. The van der Waals surface area contributed by atoms with E-state index in [-0.39, 0.29) is 18.4 Å². The topological polar surface area (TPSA) is 54.5 Å². The summed E-state index contributed by atoms with van der Waals surface area (Å²) in [6, 6.07) is 9.72. The van der Waals surface area contributed by atoms with Gasteiger partial charge in [0.1, 0.15) is 11.6 Å². The molecule has 1 aromatic carbocycles. The van der Waals surface area contributed by atoms with Gasteiger partial charge in [0.2, 0.25) is 5.91 Å². The highest BCUT2D eigenvalue weighted by Gasteiger charge is 2.31. The van der Waals surface area contributed by atoms with Crippen molar-refractivity contribution < 1.29 is 22.7 Å². The van der Waals surface area contributed by atoms with Gasteiger partial charge in [-0.1, -0.05) is 12.1 Å². The van der Waals surface area contributed by atoms with Crippen LogP contribution in [-0.2, 0) is 17.4 Å². The van der Waals surface area contributed by atoms with E-state index in [2.05, 4.69) is 10.3 Å². The maximum Gasteiger partial charge on any atom is 0.417 e. The molecular weight excluding hydrogens is 371 g/mol. The van der Waals surface area contributed by atoms with Crippen molar-refractivity contribution in [3.8, 4) is 5.75 Å². The fourth-order valence-electron chi connectivity index (χ4n) is 3.16. The fourth-order valence-corrected chi connectivity index (χ4v) is 3.16. The molecule has 1 fully saturated rings. The predicted molar refractivity (Wildman–Crippen MR) is 99.3 cm³/mol. The minimum absolute atomic E-state index is 0.0562. The third-order valence-corrected chi connectivity index (χ3v) is 4.55. The van der Waals surface area contributed by atoms with Crippen LogP contribution in [0.2, 0.25) is 0 Å². The summed E-state index contributed by atoms with van der Waals surface area (Å²) in [6.07, 6.45) is -2.57. The minimum Gasteiger partial charge on any atom is -0.494 e. The first-order valence-electron chi connectivity index (χ1n) is 9.14. The lowest BCUT2D eigenvalue weighted by Gasteiger charge is -2.18. The van der Waals surface area contributed by atoms with Crippen molar-refractivity contribution in [1.29, 1.82) is 0 Å². The number of hydrogen-bond acceptors (Lipinski definition) is 4. The van der Waals surface area contributed by atoms with Gasteiger partial charge in [0, 0.05) is 25.3 Å². The molecule has 1 aromatic heterocycles. The van der Waals surface area contributed by atoms with E-state index in [1.165, 1.54) is 6.07 Å². The highest BCUT2D eigenvalue weighted by atomic mass is 19.4. The maximum atomic E-state index is 12.6. The standard InChI is InChI=1S/C20H22F3N3O2/c1-2-28-17-6-3-14(4-7-17)11-19(27)25-16-9-10-26(13-16)18-8-5-15(12-24-18)20(21,22)23/h3-8,12,16H,2,9-11,13H2,1H3,(H,25,27). The summed E-state index contributed by atoms with van der Waals surface area (Å²) < 4.78 is 43.3. The lowest BCUT2D eigenvalue weighted by atomic mass is 10.1. The minimum atomic E-state index is -4.39. The molecule has 1 N–H and O–H groups in total. The molecule has 1 saturated heterocycles. The Morgan fingerprint density at radius 3 is 2.61 bits per heavy atom. The van der Waals surface area contributed by atoms with Crippen LogP contribution < -0.4 is 15.0 Å². The van der Waals surface area contributed by atoms with E-state index >= 15 is 0 Å². The zero-order valence-corrected chi connectivity index (χ0v) is 15.5. The van der Waals surface area contributed by atoms with Crippen molar-refractivity contribution >= 4 is 11.7 Å². The van der Waals surface area contributed by atoms with E-state index in [0.717, 1.165) is 30.0 Å². The van der Waals surface area contributed by atoms with Gasteiger partial charge in [-0.25, -0.2) is 4.98 Å². The van der Waals surface area contributed by atoms with Crippen molar-refractivity contribution in [2.24, 2.45) is 0 Å². The largest absolute Gasteiger partial charge is 0.494 e. The molecule has 2 heterocycles. The molecule has 28 heavy (non-hydrogen) atoms. The normalized spacial score (nSPS) is 16.9. The number of nitrogens with zero attached hydrogens (tertiary/aromatic N) is 2. The third-order valence-electron chi connectivity index (χ3n) is 4.55. The Morgan fingerprint density at radius 1 is 1.25 bits per heavy atom. The lowest BCUT2D eigenvalue weighted by Crippen LogP contribution is -2.38. The zero-order valence-electron chi connectivity index (χ0n) is 15.5. The number of anilines is 1. The molecule has 1 unspecified atom stereocenters. The van der Waals surface area contributed by atoms with Crippen molar-refractivity contribution in [2.45, 2.75) is 32.0 Å². The van der Waals surface area contributed by atoms with Gasteiger partial charge in [0.25, 0.3) is 0 Å². The van der Waals surface area contributed by atoms with Gasteiger partial charge >= 0.3 is 6.18 Å². The number of alkyl halides is 3. The molecule has 1 atom stereocenters. The summed E-state index contributed by atoms with van der Waals surface area (Å²) in [4.78, 5) is 18.1. The molecule has 0 saturated carbocycles. The number of nitrogens with one attached hydrogen (secondary N) is 1. The second-order valence-corrected chi connectivity index (χ2v) is 6.66. The molecule has 150 valence electrons. The average Bonchev–Trinajstić information content (AvgIpc) is 3.11. The fraction of sp³-hybridized carbons (Fsp3) is 0.400. The summed E-state index contributed by atoms with van der Waals surface area (Å²) in [5.41, 5.74) is 0.121. The number of carbonyl (C=O) groups is 1. The monoisotopic (exact) mass is 393 g/mol. The summed E-state index contributed by atoms with van der Waals surface area (Å²) in [5.74, 6) is 1.16. The number of pyridine rings is 1. The summed E-state index contributed by atoms with van der Waals surface area (Å²) in [5, 5.41) is 2.98. The zero-order chi connectivity index (χ0) is 20.1. The van der Waals surface area contributed by atoms with E-state index in [1.807, 2.05) is 36.1 Å². The van der Waals surface area contributed by atoms with Crippen LogP contribution in [0.1, 0.15) is 24.5 Å². The van der Waals surface area contributed by atoms with Crippen LogP contribution in [0.15, 0.2) is 42.6 Å². The van der Waals surface area contributed by atoms with Crippen LogP contribution in [0.5, 0.6) is 5.75 Å². The van der Waals surface area contributed by atoms with Crippen molar-refractivity contribution in [3.05, 3.63) is 53.7 Å². The number of carbonyl (C=O) groups excluding carboxylic acids is 1. The van der Waals surface area contributed by atoms with E-state index in [4.69, 9.17) is 4.74 Å².